The van der Waals surface area contributed by atoms with Gasteiger partial charge in [0.05, 0.1) is 6.04 Å². The minimum absolute atomic E-state index is 0.0550. The van der Waals surface area contributed by atoms with E-state index < -0.39 is 0 Å². The van der Waals surface area contributed by atoms with Gasteiger partial charge in [0.25, 0.3) is 0 Å². The lowest BCUT2D eigenvalue weighted by atomic mass is 9.97. The second kappa shape index (κ2) is 5.38. The van der Waals surface area contributed by atoms with Crippen molar-refractivity contribution < 1.29 is 4.79 Å². The maximum Gasteiger partial charge on any atom is 0.239 e. The molecule has 1 N–H and O–H groups in total. The molecule has 0 aromatic rings. The molecule has 2 rings (SSSR count). The van der Waals surface area contributed by atoms with Crippen molar-refractivity contribution in [2.45, 2.75) is 58.0 Å². The second-order valence-corrected chi connectivity index (χ2v) is 6.06. The molecule has 98 valence electrons. The molecule has 1 saturated heterocycles. The van der Waals surface area contributed by atoms with E-state index in [-0.39, 0.29) is 6.04 Å². The monoisotopic (exact) mass is 238 g/mol. The number of nitrogens with one attached hydrogen (secondary N) is 1. The van der Waals surface area contributed by atoms with Gasteiger partial charge in [-0.15, -0.1) is 0 Å². The van der Waals surface area contributed by atoms with Crippen molar-refractivity contribution in [3.8, 4) is 0 Å². The van der Waals surface area contributed by atoms with Crippen LogP contribution >= 0.6 is 0 Å². The Morgan fingerprint density at radius 2 is 2.06 bits per heavy atom. The van der Waals surface area contributed by atoms with Crippen LogP contribution in [0, 0.1) is 11.8 Å². The Labute approximate surface area is 105 Å². The molecule has 0 aromatic heterocycles. The molecular formula is C14H26N2O. The van der Waals surface area contributed by atoms with Gasteiger partial charge in [-0.05, 0) is 44.6 Å². The lowest BCUT2D eigenvalue weighted by Crippen LogP contribution is -2.49. The number of likely N-dealkylation sites (tertiary alicyclic amines) is 1. The molecule has 1 aliphatic carbocycles. The first-order valence-electron chi connectivity index (χ1n) is 7.11. The minimum atomic E-state index is 0.0550. The van der Waals surface area contributed by atoms with E-state index in [1.165, 1.54) is 25.7 Å². The summed E-state index contributed by atoms with van der Waals surface area (Å²) in [7, 11) is 1.91. The molecule has 1 amide bonds. The normalized spacial score (nSPS) is 34.0. The average Bonchev–Trinajstić information content (AvgIpc) is 2.70. The van der Waals surface area contributed by atoms with Crippen molar-refractivity contribution >= 4 is 5.91 Å². The molecule has 0 radical (unpaired) electrons. The average molecular weight is 238 g/mol. The lowest BCUT2D eigenvalue weighted by Gasteiger charge is -2.33. The minimum Gasteiger partial charge on any atom is -0.338 e. The van der Waals surface area contributed by atoms with Crippen LogP contribution in [0.2, 0.25) is 0 Å². The van der Waals surface area contributed by atoms with Crippen LogP contribution in [0.3, 0.4) is 0 Å². The Hall–Kier alpha value is -0.570. The first-order valence-corrected chi connectivity index (χ1v) is 7.11. The summed E-state index contributed by atoms with van der Waals surface area (Å²) in [4.78, 5) is 14.7. The van der Waals surface area contributed by atoms with E-state index in [1.54, 1.807) is 0 Å². The van der Waals surface area contributed by atoms with Gasteiger partial charge in [0, 0.05) is 12.6 Å². The highest BCUT2D eigenvalue weighted by Crippen LogP contribution is 2.36. The Bertz CT molecular complexity index is 277. The molecule has 2 fully saturated rings. The number of carbonyl (C=O) groups is 1. The highest BCUT2D eigenvalue weighted by atomic mass is 16.2. The molecule has 0 aromatic carbocycles. The third kappa shape index (κ3) is 2.65. The highest BCUT2D eigenvalue weighted by Gasteiger charge is 2.39. The van der Waals surface area contributed by atoms with Gasteiger partial charge in [0.15, 0.2) is 0 Å². The lowest BCUT2D eigenvalue weighted by molar-refractivity contribution is -0.135. The molecule has 0 spiro atoms. The fraction of sp³-hybridized carbons (Fsp3) is 0.929. The van der Waals surface area contributed by atoms with Crippen molar-refractivity contribution in [2.75, 3.05) is 13.6 Å². The SMILES string of the molecule is CNC1CCC2CCCC2N(CC(C)C)C1=O. The fourth-order valence-electron chi connectivity index (χ4n) is 3.52. The van der Waals surface area contributed by atoms with Gasteiger partial charge >= 0.3 is 0 Å². The third-order valence-corrected chi connectivity index (χ3v) is 4.34. The van der Waals surface area contributed by atoms with E-state index in [4.69, 9.17) is 0 Å². The standard InChI is InChI=1S/C14H26N2O/c1-10(2)9-16-13-6-4-5-11(13)7-8-12(15-3)14(16)17/h10-13,15H,4-9H2,1-3H3. The van der Waals surface area contributed by atoms with Crippen LogP contribution in [0.15, 0.2) is 0 Å². The Morgan fingerprint density at radius 3 is 2.71 bits per heavy atom. The van der Waals surface area contributed by atoms with Gasteiger partial charge in [0.2, 0.25) is 5.91 Å². The summed E-state index contributed by atoms with van der Waals surface area (Å²) in [6.45, 7) is 5.34. The maximum atomic E-state index is 12.5. The quantitative estimate of drug-likeness (QED) is 0.816. The van der Waals surface area contributed by atoms with E-state index in [2.05, 4.69) is 24.1 Å². The molecule has 1 heterocycles. The van der Waals surface area contributed by atoms with Crippen LogP contribution in [0.1, 0.15) is 46.0 Å². The predicted molar refractivity (Wildman–Crippen MR) is 69.8 cm³/mol. The molecule has 1 saturated carbocycles. The summed E-state index contributed by atoms with van der Waals surface area (Å²) < 4.78 is 0. The van der Waals surface area contributed by atoms with Gasteiger partial charge in [0.1, 0.15) is 0 Å². The molecule has 3 nitrogen and oxygen atoms in total. The van der Waals surface area contributed by atoms with Crippen LogP contribution in [0.5, 0.6) is 0 Å². The van der Waals surface area contributed by atoms with E-state index in [1.807, 2.05) is 7.05 Å². The topological polar surface area (TPSA) is 32.3 Å². The van der Waals surface area contributed by atoms with Crippen LogP contribution in [-0.4, -0.2) is 36.5 Å². The number of hydrogen-bond donors (Lipinski definition) is 1. The highest BCUT2D eigenvalue weighted by molar-refractivity contribution is 5.82. The third-order valence-electron chi connectivity index (χ3n) is 4.34. The Kier molecular flexibility index (Phi) is 4.08. The summed E-state index contributed by atoms with van der Waals surface area (Å²) in [6, 6.07) is 0.586. The molecule has 1 aliphatic heterocycles. The summed E-state index contributed by atoms with van der Waals surface area (Å²) in [6.07, 6.45) is 6.09. The van der Waals surface area contributed by atoms with Crippen molar-refractivity contribution in [3.05, 3.63) is 0 Å². The number of carbonyl (C=O) groups excluding carboxylic acids is 1. The van der Waals surface area contributed by atoms with Crippen molar-refractivity contribution in [1.29, 1.82) is 0 Å². The molecule has 3 unspecified atom stereocenters. The molecule has 3 heteroatoms. The Morgan fingerprint density at radius 1 is 1.29 bits per heavy atom. The van der Waals surface area contributed by atoms with E-state index >= 15 is 0 Å². The molecule has 0 bridgehead atoms. The first-order chi connectivity index (χ1) is 8.13. The van der Waals surface area contributed by atoms with Gasteiger partial charge in [-0.25, -0.2) is 0 Å². The number of fused-ring (bicyclic) bond motifs is 1. The number of likely N-dealkylation sites (N-methyl/N-ethyl adjacent to an activating group) is 1. The van der Waals surface area contributed by atoms with E-state index in [9.17, 15) is 4.79 Å². The second-order valence-electron chi connectivity index (χ2n) is 6.06. The van der Waals surface area contributed by atoms with E-state index in [0.29, 0.717) is 17.9 Å². The van der Waals surface area contributed by atoms with Gasteiger partial charge in [-0.3, -0.25) is 4.79 Å². The fourth-order valence-corrected chi connectivity index (χ4v) is 3.52. The number of rotatable bonds is 3. The van der Waals surface area contributed by atoms with Gasteiger partial charge < -0.3 is 10.2 Å². The molecular weight excluding hydrogens is 212 g/mol. The predicted octanol–water partition coefficient (Wildman–Crippen LogP) is 2.02. The molecule has 17 heavy (non-hydrogen) atoms. The summed E-state index contributed by atoms with van der Waals surface area (Å²) in [5, 5.41) is 3.19. The molecule has 3 atom stereocenters. The summed E-state index contributed by atoms with van der Waals surface area (Å²) >= 11 is 0. The number of hydrogen-bond acceptors (Lipinski definition) is 2. The van der Waals surface area contributed by atoms with Crippen LogP contribution in [-0.2, 0) is 4.79 Å². The Balaban J connectivity index is 2.17. The van der Waals surface area contributed by atoms with Gasteiger partial charge in [-0.2, -0.15) is 0 Å². The van der Waals surface area contributed by atoms with Crippen LogP contribution in [0.25, 0.3) is 0 Å². The zero-order valence-corrected chi connectivity index (χ0v) is 11.4. The largest absolute Gasteiger partial charge is 0.338 e. The van der Waals surface area contributed by atoms with Crippen LogP contribution < -0.4 is 5.32 Å². The maximum absolute atomic E-state index is 12.5. The number of amides is 1. The summed E-state index contributed by atoms with van der Waals surface area (Å²) in [5.41, 5.74) is 0. The van der Waals surface area contributed by atoms with Crippen molar-refractivity contribution in [1.82, 2.24) is 10.2 Å². The van der Waals surface area contributed by atoms with Crippen LogP contribution in [0.4, 0.5) is 0 Å². The van der Waals surface area contributed by atoms with E-state index in [0.717, 1.165) is 18.9 Å². The number of nitrogens with zero attached hydrogens (tertiary/aromatic N) is 1. The first kappa shape index (κ1) is 12.9. The van der Waals surface area contributed by atoms with Gasteiger partial charge in [-0.1, -0.05) is 20.3 Å². The van der Waals surface area contributed by atoms with Crippen molar-refractivity contribution in [3.63, 3.8) is 0 Å². The smallest absolute Gasteiger partial charge is 0.239 e. The zero-order chi connectivity index (χ0) is 12.4. The van der Waals surface area contributed by atoms with Crippen molar-refractivity contribution in [2.24, 2.45) is 11.8 Å². The molecule has 2 aliphatic rings. The zero-order valence-electron chi connectivity index (χ0n) is 11.4. The summed E-state index contributed by atoms with van der Waals surface area (Å²) in [5.74, 6) is 1.67.